The van der Waals surface area contributed by atoms with Crippen LogP contribution >= 0.6 is 0 Å². The van der Waals surface area contributed by atoms with Crippen molar-refractivity contribution in [2.24, 2.45) is 5.92 Å². The van der Waals surface area contributed by atoms with Crippen molar-refractivity contribution in [3.05, 3.63) is 130 Å². The topological polar surface area (TPSA) is 101 Å². The number of rotatable bonds is 7. The number of carbonyl (C=O) groups excluding carboxylic acids is 3. The van der Waals surface area contributed by atoms with Gasteiger partial charge in [0.25, 0.3) is 11.5 Å². The molecule has 0 aliphatic carbocycles. The second kappa shape index (κ2) is 11.9. The van der Waals surface area contributed by atoms with Crippen molar-refractivity contribution in [2.75, 3.05) is 28.6 Å². The number of pyridine rings is 1. The van der Waals surface area contributed by atoms with Crippen LogP contribution in [0.4, 0.5) is 17.1 Å². The van der Waals surface area contributed by atoms with Crippen molar-refractivity contribution < 1.29 is 14.4 Å². The normalized spacial score (nSPS) is 17.3. The van der Waals surface area contributed by atoms with E-state index in [9.17, 15) is 19.2 Å². The highest BCUT2D eigenvalue weighted by atomic mass is 16.2. The summed E-state index contributed by atoms with van der Waals surface area (Å²) in [7, 11) is 0. The highest BCUT2D eigenvalue weighted by Gasteiger charge is 2.35. The van der Waals surface area contributed by atoms with E-state index in [1.807, 2.05) is 53.1 Å². The minimum absolute atomic E-state index is 0.0306. The summed E-state index contributed by atoms with van der Waals surface area (Å²) < 4.78 is 1.89. The molecule has 3 aromatic carbocycles. The second-order valence-electron chi connectivity index (χ2n) is 11.2. The monoisotopic (exact) mass is 572 g/mol. The van der Waals surface area contributed by atoms with E-state index in [2.05, 4.69) is 15.5 Å². The van der Waals surface area contributed by atoms with Crippen molar-refractivity contribution in [2.45, 2.75) is 25.8 Å². The number of benzene rings is 3. The van der Waals surface area contributed by atoms with Gasteiger partial charge in [-0.15, -0.1) is 0 Å². The van der Waals surface area contributed by atoms with Crippen LogP contribution in [0.15, 0.2) is 102 Å². The van der Waals surface area contributed by atoms with E-state index in [-0.39, 0.29) is 35.0 Å². The molecule has 4 aromatic rings. The van der Waals surface area contributed by atoms with Crippen LogP contribution in [0.5, 0.6) is 0 Å². The van der Waals surface area contributed by atoms with E-state index < -0.39 is 0 Å². The number of piperidine rings is 1. The molecule has 2 aliphatic rings. The molecule has 2 N–H and O–H groups in total. The number of Topliss-reactive ketones (excluding diaryl/α,β-unsaturated/α-hetero) is 1. The minimum Gasteiger partial charge on any atom is -0.369 e. The molecule has 0 spiro atoms. The Morgan fingerprint density at radius 2 is 1.63 bits per heavy atom. The van der Waals surface area contributed by atoms with Crippen molar-refractivity contribution in [1.29, 1.82) is 0 Å². The predicted octanol–water partition coefficient (Wildman–Crippen LogP) is 5.58. The Hall–Kier alpha value is -5.24. The van der Waals surface area contributed by atoms with E-state index in [0.717, 1.165) is 29.9 Å². The lowest BCUT2D eigenvalue weighted by molar-refractivity contribution is -0.111. The average Bonchev–Trinajstić information content (AvgIpc) is 3.01. The molecular formula is C35H32N4O4. The van der Waals surface area contributed by atoms with Crippen LogP contribution in [0.25, 0.3) is 6.08 Å². The second-order valence-corrected chi connectivity index (χ2v) is 11.2. The number of aromatic nitrogens is 1. The van der Waals surface area contributed by atoms with Gasteiger partial charge in [0.05, 0.1) is 11.4 Å². The zero-order chi connectivity index (χ0) is 29.9. The fourth-order valence-electron chi connectivity index (χ4n) is 6.08. The first-order chi connectivity index (χ1) is 20.8. The third-order valence-electron chi connectivity index (χ3n) is 8.09. The maximum absolute atomic E-state index is 13.3. The average molecular weight is 573 g/mol. The standard InChI is InChI=1S/C35H32N4O4/c1-23(40)26-9-5-10-29(18-26)36-35(43)27-14-15-32(30(19-27)37-33(41)16-13-24-7-3-2-4-8-24)38-20-25-17-28(22-38)31-11-6-12-34(42)39(31)21-25/h2-16,18-19,25,28H,17,20-22H2,1H3,(H,36,43)(H,37,41). The van der Waals surface area contributed by atoms with Crippen LogP contribution < -0.4 is 21.1 Å². The summed E-state index contributed by atoms with van der Waals surface area (Å²) in [5.41, 5.74) is 4.69. The van der Waals surface area contributed by atoms with Crippen molar-refractivity contribution in [3.8, 4) is 0 Å². The molecule has 0 radical (unpaired) electrons. The van der Waals surface area contributed by atoms with E-state index in [0.29, 0.717) is 35.6 Å². The number of hydrogen-bond donors (Lipinski definition) is 2. The van der Waals surface area contributed by atoms with Gasteiger partial charge in [0, 0.05) is 60.2 Å². The number of nitrogens with zero attached hydrogens (tertiary/aromatic N) is 2. The van der Waals surface area contributed by atoms with Crippen LogP contribution in [0.2, 0.25) is 0 Å². The molecule has 1 aromatic heterocycles. The van der Waals surface area contributed by atoms with Gasteiger partial charge in [0.15, 0.2) is 5.78 Å². The van der Waals surface area contributed by atoms with Crippen LogP contribution in [-0.4, -0.2) is 35.3 Å². The fraction of sp³-hybridized carbons (Fsp3) is 0.200. The lowest BCUT2D eigenvalue weighted by Crippen LogP contribution is -2.47. The summed E-state index contributed by atoms with van der Waals surface area (Å²) in [6.45, 7) is 3.55. The Bertz CT molecular complexity index is 1790. The summed E-state index contributed by atoms with van der Waals surface area (Å²) in [6, 6.07) is 27.1. The van der Waals surface area contributed by atoms with Gasteiger partial charge in [-0.25, -0.2) is 0 Å². The lowest BCUT2D eigenvalue weighted by Gasteiger charge is -2.44. The van der Waals surface area contributed by atoms with Crippen molar-refractivity contribution >= 4 is 40.7 Å². The highest BCUT2D eigenvalue weighted by molar-refractivity contribution is 6.08. The van der Waals surface area contributed by atoms with Gasteiger partial charge < -0.3 is 20.1 Å². The number of amides is 2. The molecule has 6 rings (SSSR count). The third-order valence-corrected chi connectivity index (χ3v) is 8.09. The predicted molar refractivity (Wildman–Crippen MR) is 169 cm³/mol. The molecule has 2 unspecified atom stereocenters. The summed E-state index contributed by atoms with van der Waals surface area (Å²) in [5, 5.41) is 5.87. The molecule has 1 saturated heterocycles. The quantitative estimate of drug-likeness (QED) is 0.223. The van der Waals surface area contributed by atoms with Crippen molar-refractivity contribution in [1.82, 2.24) is 4.57 Å². The molecule has 3 heterocycles. The van der Waals surface area contributed by atoms with E-state index >= 15 is 0 Å². The van der Waals surface area contributed by atoms with Crippen molar-refractivity contribution in [3.63, 3.8) is 0 Å². The molecule has 2 atom stereocenters. The molecule has 2 aliphatic heterocycles. The maximum Gasteiger partial charge on any atom is 0.255 e. The lowest BCUT2D eigenvalue weighted by atomic mass is 9.83. The Morgan fingerprint density at radius 1 is 0.814 bits per heavy atom. The fourth-order valence-corrected chi connectivity index (χ4v) is 6.08. The molecule has 43 heavy (non-hydrogen) atoms. The van der Waals surface area contributed by atoms with Gasteiger partial charge in [-0.3, -0.25) is 19.2 Å². The zero-order valence-electron chi connectivity index (χ0n) is 23.8. The Labute approximate surface area is 249 Å². The van der Waals surface area contributed by atoms with E-state index in [1.165, 1.54) is 13.0 Å². The molecule has 2 bridgehead atoms. The first kappa shape index (κ1) is 27.9. The summed E-state index contributed by atoms with van der Waals surface area (Å²) >= 11 is 0. The van der Waals surface area contributed by atoms with Gasteiger partial charge in [0.2, 0.25) is 5.91 Å². The van der Waals surface area contributed by atoms with Crippen LogP contribution in [0.3, 0.4) is 0 Å². The number of carbonyl (C=O) groups is 3. The Morgan fingerprint density at radius 3 is 2.44 bits per heavy atom. The van der Waals surface area contributed by atoms with Gasteiger partial charge in [-0.2, -0.15) is 0 Å². The van der Waals surface area contributed by atoms with Crippen LogP contribution in [-0.2, 0) is 11.3 Å². The van der Waals surface area contributed by atoms with Gasteiger partial charge in [-0.05, 0) is 67.3 Å². The van der Waals surface area contributed by atoms with Gasteiger partial charge >= 0.3 is 0 Å². The molecule has 8 nitrogen and oxygen atoms in total. The molecule has 1 fully saturated rings. The number of fused-ring (bicyclic) bond motifs is 4. The number of nitrogens with one attached hydrogen (secondary N) is 2. The smallest absolute Gasteiger partial charge is 0.255 e. The number of ketones is 1. The summed E-state index contributed by atoms with van der Waals surface area (Å²) in [6.07, 6.45) is 4.22. The minimum atomic E-state index is -0.355. The molecule has 216 valence electrons. The molecule has 0 saturated carbocycles. The number of hydrogen-bond acceptors (Lipinski definition) is 5. The number of anilines is 3. The van der Waals surface area contributed by atoms with Gasteiger partial charge in [-0.1, -0.05) is 48.5 Å². The SMILES string of the molecule is CC(=O)c1cccc(NC(=O)c2ccc(N3CC4CC(C3)c3cccc(=O)n3C4)c(NC(=O)C=Cc3ccccc3)c2)c1. The summed E-state index contributed by atoms with van der Waals surface area (Å²) in [4.78, 5) is 53.0. The first-order valence-electron chi connectivity index (χ1n) is 14.4. The molecule has 8 heteroatoms. The van der Waals surface area contributed by atoms with Crippen LogP contribution in [0, 0.1) is 5.92 Å². The first-order valence-corrected chi connectivity index (χ1v) is 14.4. The van der Waals surface area contributed by atoms with Gasteiger partial charge in [0.1, 0.15) is 0 Å². The largest absolute Gasteiger partial charge is 0.369 e. The van der Waals surface area contributed by atoms with E-state index in [1.54, 1.807) is 48.5 Å². The maximum atomic E-state index is 13.3. The highest BCUT2D eigenvalue weighted by Crippen LogP contribution is 2.39. The zero-order valence-corrected chi connectivity index (χ0v) is 23.8. The van der Waals surface area contributed by atoms with E-state index in [4.69, 9.17) is 0 Å². The Balaban J connectivity index is 1.29. The molecule has 2 amide bonds. The summed E-state index contributed by atoms with van der Waals surface area (Å²) in [5.74, 6) is -0.297. The van der Waals surface area contributed by atoms with Crippen LogP contribution in [0.1, 0.15) is 51.2 Å². The Kier molecular flexibility index (Phi) is 7.75. The molecular weight excluding hydrogens is 540 g/mol. The third kappa shape index (κ3) is 6.18.